The average molecular weight is 288 g/mol. The van der Waals surface area contributed by atoms with Gasteiger partial charge in [-0.3, -0.25) is 0 Å². The maximum atomic E-state index is 10.5. The highest BCUT2D eigenvalue weighted by Gasteiger charge is 2.17. The van der Waals surface area contributed by atoms with E-state index in [1.807, 2.05) is 13.0 Å². The smallest absolute Gasteiger partial charge is 0.0802 e. The average Bonchev–Trinajstić information content (AvgIpc) is 2.37. The van der Waals surface area contributed by atoms with Crippen LogP contribution in [-0.2, 0) is 0 Å². The van der Waals surface area contributed by atoms with Crippen molar-refractivity contribution in [3.05, 3.63) is 47.1 Å². The maximum Gasteiger partial charge on any atom is 0.0802 e. The molecule has 0 bridgehead atoms. The summed E-state index contributed by atoms with van der Waals surface area (Å²) in [7, 11) is 0. The van der Waals surface area contributed by atoms with Crippen LogP contribution in [0.15, 0.2) is 47.1 Å². The zero-order chi connectivity index (χ0) is 15.9. The van der Waals surface area contributed by atoms with Gasteiger partial charge in [0.2, 0.25) is 0 Å². The Labute approximate surface area is 131 Å². The van der Waals surface area contributed by atoms with E-state index in [1.54, 1.807) is 0 Å². The molecule has 0 radical (unpaired) electrons. The van der Waals surface area contributed by atoms with Crippen LogP contribution in [0, 0.1) is 5.92 Å². The van der Waals surface area contributed by atoms with E-state index in [4.69, 9.17) is 0 Å². The minimum atomic E-state index is -0.711. The third kappa shape index (κ3) is 7.47. The molecule has 0 fully saturated rings. The van der Waals surface area contributed by atoms with Gasteiger partial charge in [-0.15, -0.1) is 0 Å². The quantitative estimate of drug-likeness (QED) is 0.611. The summed E-state index contributed by atoms with van der Waals surface area (Å²) in [5.41, 5.74) is 3.52. The Balaban J connectivity index is 2.97. The van der Waals surface area contributed by atoms with Crippen LogP contribution in [0.1, 0.15) is 66.7 Å². The fraction of sp³-hybridized carbons (Fsp3) is 0.600. The number of allylic oxidation sites excluding steroid dienone is 7. The van der Waals surface area contributed by atoms with Crippen LogP contribution >= 0.6 is 0 Å². The Kier molecular flexibility index (Phi) is 7.17. The number of aliphatic hydroxyl groups is 1. The molecular formula is C20H32O. The summed E-state index contributed by atoms with van der Waals surface area (Å²) < 4.78 is 0. The molecule has 0 heterocycles. The minimum Gasteiger partial charge on any atom is -0.386 e. The maximum absolute atomic E-state index is 10.5. The van der Waals surface area contributed by atoms with Gasteiger partial charge in [-0.1, -0.05) is 60.9 Å². The Morgan fingerprint density at radius 2 is 1.81 bits per heavy atom. The molecule has 118 valence electrons. The van der Waals surface area contributed by atoms with Crippen molar-refractivity contribution in [3.63, 3.8) is 0 Å². The zero-order valence-electron chi connectivity index (χ0n) is 14.4. The Morgan fingerprint density at radius 3 is 2.48 bits per heavy atom. The van der Waals surface area contributed by atoms with Gasteiger partial charge < -0.3 is 5.11 Å². The van der Waals surface area contributed by atoms with Crippen LogP contribution in [0.2, 0.25) is 0 Å². The molecule has 1 aliphatic rings. The van der Waals surface area contributed by atoms with Crippen molar-refractivity contribution < 1.29 is 5.11 Å². The van der Waals surface area contributed by atoms with Crippen molar-refractivity contribution in [2.45, 2.75) is 72.3 Å². The fourth-order valence-corrected chi connectivity index (χ4v) is 2.51. The van der Waals surface area contributed by atoms with Crippen molar-refractivity contribution in [1.82, 2.24) is 0 Å². The topological polar surface area (TPSA) is 20.2 Å². The number of hydrogen-bond donors (Lipinski definition) is 1. The van der Waals surface area contributed by atoms with Crippen LogP contribution in [0.4, 0.5) is 0 Å². The molecule has 1 N–H and O–H groups in total. The lowest BCUT2D eigenvalue weighted by atomic mass is 9.90. The molecular weight excluding hydrogens is 256 g/mol. The molecule has 0 saturated carbocycles. The lowest BCUT2D eigenvalue weighted by Crippen LogP contribution is -2.21. The van der Waals surface area contributed by atoms with Crippen LogP contribution in [0.5, 0.6) is 0 Å². The summed E-state index contributed by atoms with van der Waals surface area (Å²) in [6.07, 6.45) is 15.8. The van der Waals surface area contributed by atoms with Crippen LogP contribution in [0.25, 0.3) is 0 Å². The first kappa shape index (κ1) is 18.0. The van der Waals surface area contributed by atoms with Crippen molar-refractivity contribution in [2.24, 2.45) is 5.92 Å². The third-order valence-electron chi connectivity index (χ3n) is 4.19. The van der Waals surface area contributed by atoms with Gasteiger partial charge in [-0.2, -0.15) is 0 Å². The van der Waals surface area contributed by atoms with E-state index in [-0.39, 0.29) is 0 Å². The first-order valence-corrected chi connectivity index (χ1v) is 8.22. The van der Waals surface area contributed by atoms with E-state index < -0.39 is 5.60 Å². The molecule has 0 amide bonds. The van der Waals surface area contributed by atoms with Gasteiger partial charge in [-0.25, -0.2) is 0 Å². The number of rotatable bonds is 1. The Morgan fingerprint density at radius 1 is 1.10 bits per heavy atom. The van der Waals surface area contributed by atoms with E-state index in [0.717, 1.165) is 32.1 Å². The predicted octanol–water partition coefficient (Wildman–Crippen LogP) is 5.73. The van der Waals surface area contributed by atoms with Gasteiger partial charge in [0.1, 0.15) is 0 Å². The van der Waals surface area contributed by atoms with Crippen molar-refractivity contribution in [3.8, 4) is 0 Å². The molecule has 0 aromatic rings. The molecule has 1 aliphatic carbocycles. The lowest BCUT2D eigenvalue weighted by molar-refractivity contribution is 0.101. The molecule has 0 aliphatic heterocycles. The number of hydrogen-bond acceptors (Lipinski definition) is 1. The second kappa shape index (κ2) is 8.38. The first-order chi connectivity index (χ1) is 9.80. The third-order valence-corrected chi connectivity index (χ3v) is 4.19. The van der Waals surface area contributed by atoms with Gasteiger partial charge in [0.15, 0.2) is 0 Å². The molecule has 1 rings (SSSR count). The SMILES string of the molecule is C/C1=C\CC/C(C)=C/C=C(/C(C)C)CCC(C)(O)/C=C/C1. The van der Waals surface area contributed by atoms with E-state index >= 15 is 0 Å². The minimum absolute atomic E-state index is 0.531. The second-order valence-corrected chi connectivity index (χ2v) is 6.96. The lowest BCUT2D eigenvalue weighted by Gasteiger charge is -2.21. The van der Waals surface area contributed by atoms with Gasteiger partial charge in [0.05, 0.1) is 5.60 Å². The summed E-state index contributed by atoms with van der Waals surface area (Å²) in [6, 6.07) is 0. The van der Waals surface area contributed by atoms with Crippen molar-refractivity contribution in [1.29, 1.82) is 0 Å². The molecule has 1 atom stereocenters. The van der Waals surface area contributed by atoms with Crippen LogP contribution in [-0.4, -0.2) is 10.7 Å². The summed E-state index contributed by atoms with van der Waals surface area (Å²) in [5.74, 6) is 0.531. The highest BCUT2D eigenvalue weighted by molar-refractivity contribution is 5.20. The van der Waals surface area contributed by atoms with Gasteiger partial charge in [-0.05, 0) is 58.8 Å². The summed E-state index contributed by atoms with van der Waals surface area (Å²) in [5, 5.41) is 10.5. The van der Waals surface area contributed by atoms with E-state index in [1.165, 1.54) is 16.7 Å². The Bertz CT molecular complexity index is 444. The highest BCUT2D eigenvalue weighted by Crippen LogP contribution is 2.24. The van der Waals surface area contributed by atoms with Gasteiger partial charge in [0.25, 0.3) is 0 Å². The summed E-state index contributed by atoms with van der Waals surface area (Å²) in [6.45, 7) is 10.7. The summed E-state index contributed by atoms with van der Waals surface area (Å²) >= 11 is 0. The van der Waals surface area contributed by atoms with Crippen molar-refractivity contribution >= 4 is 0 Å². The van der Waals surface area contributed by atoms with Crippen LogP contribution in [0.3, 0.4) is 0 Å². The molecule has 0 aromatic heterocycles. The van der Waals surface area contributed by atoms with Gasteiger partial charge in [0, 0.05) is 0 Å². The van der Waals surface area contributed by atoms with Crippen LogP contribution < -0.4 is 0 Å². The molecule has 1 unspecified atom stereocenters. The van der Waals surface area contributed by atoms with Crippen molar-refractivity contribution in [2.75, 3.05) is 0 Å². The first-order valence-electron chi connectivity index (χ1n) is 8.22. The highest BCUT2D eigenvalue weighted by atomic mass is 16.3. The molecule has 0 saturated heterocycles. The van der Waals surface area contributed by atoms with E-state index in [2.05, 4.69) is 52.0 Å². The summed E-state index contributed by atoms with van der Waals surface area (Å²) in [4.78, 5) is 0. The molecule has 21 heavy (non-hydrogen) atoms. The predicted molar refractivity (Wildman–Crippen MR) is 93.3 cm³/mol. The molecule has 1 nitrogen and oxygen atoms in total. The van der Waals surface area contributed by atoms with E-state index in [0.29, 0.717) is 5.92 Å². The molecule has 1 heteroatoms. The standard InChI is InChI=1S/C20H32O/c1-16(2)19-12-11-18(4)9-6-8-17(3)10-7-14-20(5,21)15-13-19/h7-8,11-12,14,16,21H,6,9-10,13,15H2,1-5H3/b14-7+,17-8+,18-11+,19-12+. The second-order valence-electron chi connectivity index (χ2n) is 6.96. The Hall–Kier alpha value is -1.08. The monoisotopic (exact) mass is 288 g/mol. The van der Waals surface area contributed by atoms with E-state index in [9.17, 15) is 5.11 Å². The largest absolute Gasteiger partial charge is 0.386 e. The molecule has 0 aromatic carbocycles. The normalized spacial score (nSPS) is 34.9. The van der Waals surface area contributed by atoms with Gasteiger partial charge >= 0.3 is 0 Å². The molecule has 0 spiro atoms. The fourth-order valence-electron chi connectivity index (χ4n) is 2.51. The zero-order valence-corrected chi connectivity index (χ0v) is 14.4.